The summed E-state index contributed by atoms with van der Waals surface area (Å²) in [6.45, 7) is 0. The molecule has 9 nitrogen and oxygen atoms in total. The molecule has 2 aromatic heterocycles. The van der Waals surface area contributed by atoms with Crippen LogP contribution in [0.25, 0.3) is 0 Å². The Kier molecular flexibility index (Phi) is 5.17. The molecular weight excluding hydrogens is 332 g/mol. The minimum Gasteiger partial charge on any atom is -0.373 e. The average molecular weight is 356 g/mol. The average Bonchev–Trinajstić information content (AvgIpc) is 2.60. The number of carbonyl (C=O) groups excluding carboxylic acids is 1. The Labute approximate surface area is 152 Å². The fourth-order valence-electron chi connectivity index (χ4n) is 2.68. The van der Waals surface area contributed by atoms with E-state index in [1.165, 1.54) is 0 Å². The van der Waals surface area contributed by atoms with Gasteiger partial charge in [0.05, 0.1) is 5.56 Å². The molecule has 0 saturated heterocycles. The van der Waals surface area contributed by atoms with E-state index in [-0.39, 0.29) is 18.0 Å². The number of hydrogen-bond acceptors (Lipinski definition) is 8. The quantitative estimate of drug-likeness (QED) is 0.608. The maximum Gasteiger partial charge on any atom is 0.260 e. The maximum atomic E-state index is 12.7. The molecule has 9 heteroatoms. The van der Waals surface area contributed by atoms with E-state index < -0.39 is 0 Å². The van der Waals surface area contributed by atoms with Crippen molar-refractivity contribution in [3.8, 4) is 0 Å². The summed E-state index contributed by atoms with van der Waals surface area (Å²) in [6, 6.07) is 7.44. The Balaban J connectivity index is 1.76. The number of pyridine rings is 1. The van der Waals surface area contributed by atoms with Gasteiger partial charge in [0, 0.05) is 33.2 Å². The SMILES string of the molecule is CNc1ccc(C(=O)Nc2ccc(N(C)C)nn2)c(NC2CC(N)C2)n1. The summed E-state index contributed by atoms with van der Waals surface area (Å²) >= 11 is 0. The second kappa shape index (κ2) is 7.52. The molecule has 3 rings (SSSR count). The molecule has 0 radical (unpaired) electrons. The summed E-state index contributed by atoms with van der Waals surface area (Å²) < 4.78 is 0. The molecule has 5 N–H and O–H groups in total. The van der Waals surface area contributed by atoms with E-state index in [4.69, 9.17) is 5.73 Å². The van der Waals surface area contributed by atoms with Crippen molar-refractivity contribution < 1.29 is 4.79 Å². The first kappa shape index (κ1) is 17.9. The fourth-order valence-corrected chi connectivity index (χ4v) is 2.68. The van der Waals surface area contributed by atoms with Crippen LogP contribution in [0.2, 0.25) is 0 Å². The van der Waals surface area contributed by atoms with Gasteiger partial charge >= 0.3 is 0 Å². The summed E-state index contributed by atoms with van der Waals surface area (Å²) in [5, 5.41) is 17.1. The van der Waals surface area contributed by atoms with Gasteiger partial charge in [0.25, 0.3) is 5.91 Å². The standard InChI is InChI=1S/C17H24N8O/c1-19-13-5-4-12(16(21-13)20-11-8-10(18)9-11)17(26)22-14-6-7-15(24-23-14)25(2)3/h4-7,10-11H,8-9,18H2,1-3H3,(H2,19,20,21)(H,22,23,26). The van der Waals surface area contributed by atoms with E-state index >= 15 is 0 Å². The number of rotatable bonds is 6. The van der Waals surface area contributed by atoms with E-state index in [1.807, 2.05) is 19.0 Å². The van der Waals surface area contributed by atoms with Crippen LogP contribution in [-0.2, 0) is 0 Å². The third-order valence-corrected chi connectivity index (χ3v) is 4.26. The van der Waals surface area contributed by atoms with Gasteiger partial charge in [0.2, 0.25) is 0 Å². The van der Waals surface area contributed by atoms with Gasteiger partial charge in [0.1, 0.15) is 11.6 Å². The first-order valence-corrected chi connectivity index (χ1v) is 8.49. The van der Waals surface area contributed by atoms with Gasteiger partial charge in [-0.15, -0.1) is 10.2 Å². The van der Waals surface area contributed by atoms with E-state index in [0.29, 0.717) is 28.8 Å². The van der Waals surface area contributed by atoms with Gasteiger partial charge in [-0.25, -0.2) is 4.98 Å². The predicted octanol–water partition coefficient (Wildman–Crippen LogP) is 1.13. The van der Waals surface area contributed by atoms with Gasteiger partial charge < -0.3 is 26.6 Å². The maximum absolute atomic E-state index is 12.7. The number of aromatic nitrogens is 3. The molecule has 1 aliphatic carbocycles. The van der Waals surface area contributed by atoms with Crippen LogP contribution in [0.5, 0.6) is 0 Å². The van der Waals surface area contributed by atoms with Crippen molar-refractivity contribution in [1.82, 2.24) is 15.2 Å². The summed E-state index contributed by atoms with van der Waals surface area (Å²) in [6.07, 6.45) is 1.73. The lowest BCUT2D eigenvalue weighted by atomic mass is 9.87. The normalized spacial score (nSPS) is 18.6. The highest BCUT2D eigenvalue weighted by atomic mass is 16.1. The Morgan fingerprint density at radius 3 is 2.46 bits per heavy atom. The Morgan fingerprint density at radius 2 is 1.88 bits per heavy atom. The molecular formula is C17H24N8O. The van der Waals surface area contributed by atoms with Crippen LogP contribution in [0.15, 0.2) is 24.3 Å². The van der Waals surface area contributed by atoms with Gasteiger partial charge in [0.15, 0.2) is 11.6 Å². The van der Waals surface area contributed by atoms with Crippen LogP contribution in [0.1, 0.15) is 23.2 Å². The van der Waals surface area contributed by atoms with Crippen molar-refractivity contribution >= 4 is 29.2 Å². The molecule has 1 saturated carbocycles. The molecule has 1 amide bonds. The number of nitrogens with two attached hydrogens (primary N) is 1. The zero-order chi connectivity index (χ0) is 18.7. The Morgan fingerprint density at radius 1 is 1.15 bits per heavy atom. The highest BCUT2D eigenvalue weighted by molar-refractivity contribution is 6.07. The number of nitrogens with zero attached hydrogens (tertiary/aromatic N) is 4. The molecule has 1 fully saturated rings. The highest BCUT2D eigenvalue weighted by Crippen LogP contribution is 2.25. The van der Waals surface area contributed by atoms with E-state index in [0.717, 1.165) is 12.8 Å². The summed E-state index contributed by atoms with van der Waals surface area (Å²) in [4.78, 5) is 19.0. The van der Waals surface area contributed by atoms with Crippen molar-refractivity contribution in [2.45, 2.75) is 24.9 Å². The molecule has 138 valence electrons. The minimum atomic E-state index is -0.293. The van der Waals surface area contributed by atoms with Gasteiger partial charge in [-0.2, -0.15) is 0 Å². The fraction of sp³-hybridized carbons (Fsp3) is 0.412. The van der Waals surface area contributed by atoms with Gasteiger partial charge in [-0.3, -0.25) is 4.79 Å². The number of amides is 1. The minimum absolute atomic E-state index is 0.211. The summed E-state index contributed by atoms with van der Waals surface area (Å²) in [5.74, 6) is 2.02. The zero-order valence-corrected chi connectivity index (χ0v) is 15.2. The van der Waals surface area contributed by atoms with Crippen LogP contribution in [0, 0.1) is 0 Å². The molecule has 0 bridgehead atoms. The smallest absolute Gasteiger partial charge is 0.260 e. The zero-order valence-electron chi connectivity index (χ0n) is 15.2. The molecule has 0 aliphatic heterocycles. The molecule has 1 aliphatic rings. The van der Waals surface area contributed by atoms with Gasteiger partial charge in [-0.1, -0.05) is 0 Å². The summed E-state index contributed by atoms with van der Waals surface area (Å²) in [5.41, 5.74) is 6.29. The number of anilines is 4. The van der Waals surface area contributed by atoms with Gasteiger partial charge in [-0.05, 0) is 37.1 Å². The van der Waals surface area contributed by atoms with Crippen molar-refractivity contribution in [2.75, 3.05) is 42.0 Å². The lowest BCUT2D eigenvalue weighted by molar-refractivity contribution is 0.102. The second-order valence-electron chi connectivity index (χ2n) is 6.54. The number of nitrogens with one attached hydrogen (secondary N) is 3. The van der Waals surface area contributed by atoms with Crippen molar-refractivity contribution in [3.63, 3.8) is 0 Å². The van der Waals surface area contributed by atoms with Crippen molar-refractivity contribution in [1.29, 1.82) is 0 Å². The predicted molar refractivity (Wildman–Crippen MR) is 103 cm³/mol. The largest absolute Gasteiger partial charge is 0.373 e. The molecule has 0 aromatic carbocycles. The molecule has 0 unspecified atom stereocenters. The van der Waals surface area contributed by atoms with Crippen LogP contribution >= 0.6 is 0 Å². The molecule has 26 heavy (non-hydrogen) atoms. The summed E-state index contributed by atoms with van der Waals surface area (Å²) in [7, 11) is 5.54. The second-order valence-corrected chi connectivity index (χ2v) is 6.54. The lowest BCUT2D eigenvalue weighted by Gasteiger charge is -2.33. The lowest BCUT2D eigenvalue weighted by Crippen LogP contribution is -2.44. The van der Waals surface area contributed by atoms with Crippen molar-refractivity contribution in [3.05, 3.63) is 29.8 Å². The Bertz CT molecular complexity index is 771. The Hall–Kier alpha value is -2.94. The van der Waals surface area contributed by atoms with Crippen LogP contribution in [-0.4, -0.2) is 54.3 Å². The van der Waals surface area contributed by atoms with Crippen LogP contribution in [0.4, 0.5) is 23.3 Å². The molecule has 2 heterocycles. The first-order chi connectivity index (χ1) is 12.5. The van der Waals surface area contributed by atoms with E-state index in [2.05, 4.69) is 31.1 Å². The molecule has 0 spiro atoms. The monoisotopic (exact) mass is 356 g/mol. The van der Waals surface area contributed by atoms with Crippen LogP contribution in [0.3, 0.4) is 0 Å². The molecule has 2 aromatic rings. The van der Waals surface area contributed by atoms with Crippen LogP contribution < -0.4 is 26.6 Å². The topological polar surface area (TPSA) is 121 Å². The molecule has 0 atom stereocenters. The third kappa shape index (κ3) is 3.99. The highest BCUT2D eigenvalue weighted by Gasteiger charge is 2.27. The van der Waals surface area contributed by atoms with Crippen molar-refractivity contribution in [2.24, 2.45) is 5.73 Å². The van der Waals surface area contributed by atoms with E-state index in [1.54, 1.807) is 31.3 Å². The van der Waals surface area contributed by atoms with E-state index in [9.17, 15) is 4.79 Å². The third-order valence-electron chi connectivity index (χ3n) is 4.26. The number of hydrogen-bond donors (Lipinski definition) is 4. The number of carbonyl (C=O) groups is 1. The first-order valence-electron chi connectivity index (χ1n) is 8.49.